The van der Waals surface area contributed by atoms with Crippen LogP contribution in [-0.4, -0.2) is 0 Å². The zero-order valence-electron chi connectivity index (χ0n) is 28.8. The lowest BCUT2D eigenvalue weighted by Crippen LogP contribution is -2.14. The molecule has 51 heavy (non-hydrogen) atoms. The van der Waals surface area contributed by atoms with Gasteiger partial charge in [-0.1, -0.05) is 178 Å². The van der Waals surface area contributed by atoms with Gasteiger partial charge in [-0.15, -0.1) is 0 Å². The molecular weight excluding hydrogens is 613 g/mol. The Kier molecular flexibility index (Phi) is 6.63. The van der Waals surface area contributed by atoms with Gasteiger partial charge in [-0.3, -0.25) is 0 Å². The van der Waals surface area contributed by atoms with Crippen LogP contribution in [0.5, 0.6) is 0 Å². The third-order valence-corrected chi connectivity index (χ3v) is 11.3. The highest BCUT2D eigenvalue weighted by Gasteiger charge is 2.35. The Morgan fingerprint density at radius 3 is 1.47 bits per heavy atom. The second-order valence-electron chi connectivity index (χ2n) is 14.5. The van der Waals surface area contributed by atoms with Crippen LogP contribution < -0.4 is 0 Å². The van der Waals surface area contributed by atoms with E-state index < -0.39 is 0 Å². The van der Waals surface area contributed by atoms with Crippen LogP contribution in [0.25, 0.3) is 88.0 Å². The van der Waals surface area contributed by atoms with Gasteiger partial charge in [-0.25, -0.2) is 0 Å². The van der Waals surface area contributed by atoms with Crippen molar-refractivity contribution in [3.8, 4) is 55.6 Å². The molecule has 9 aromatic carbocycles. The van der Waals surface area contributed by atoms with Crippen molar-refractivity contribution >= 4 is 32.3 Å². The van der Waals surface area contributed by atoms with Gasteiger partial charge in [0.25, 0.3) is 0 Å². The second kappa shape index (κ2) is 11.4. The van der Waals surface area contributed by atoms with Gasteiger partial charge in [0.1, 0.15) is 0 Å². The molecule has 0 heteroatoms. The molecule has 1 aliphatic rings. The summed E-state index contributed by atoms with van der Waals surface area (Å²) in [5, 5.41) is 7.60. The van der Waals surface area contributed by atoms with Crippen molar-refractivity contribution in [1.29, 1.82) is 0 Å². The fourth-order valence-corrected chi connectivity index (χ4v) is 8.78. The molecule has 0 nitrogen and oxygen atoms in total. The topological polar surface area (TPSA) is 0 Å². The summed E-state index contributed by atoms with van der Waals surface area (Å²) >= 11 is 0. The molecule has 0 radical (unpaired) electrons. The molecule has 0 saturated carbocycles. The molecular formula is C51H36. The minimum atomic E-state index is -0.0586. The fraction of sp³-hybridized carbons (Fsp3) is 0.0588. The van der Waals surface area contributed by atoms with Crippen LogP contribution in [0.15, 0.2) is 182 Å². The Hall–Kier alpha value is -6.24. The summed E-state index contributed by atoms with van der Waals surface area (Å²) in [5.41, 5.74) is 15.5. The van der Waals surface area contributed by atoms with Gasteiger partial charge < -0.3 is 0 Å². The standard InChI is InChI=1S/C51H36/c1-51(2)47-23-13-12-18-40(47)41-29-28-37(32-48(41)51)46-31-38(30-36-16-6-7-17-39(36)46)50-44-21-10-8-19-42(44)49(43-20-9-11-22-45(43)50)35-26-24-34(25-27-35)33-14-4-3-5-15-33/h3-32H,1-2H3. The normalized spacial score (nSPS) is 13.1. The molecule has 0 bridgehead atoms. The molecule has 1 aliphatic carbocycles. The summed E-state index contributed by atoms with van der Waals surface area (Å²) in [7, 11) is 0. The predicted molar refractivity (Wildman–Crippen MR) is 218 cm³/mol. The van der Waals surface area contributed by atoms with Crippen molar-refractivity contribution in [3.63, 3.8) is 0 Å². The minimum absolute atomic E-state index is 0.0586. The number of hydrogen-bond acceptors (Lipinski definition) is 0. The summed E-state index contributed by atoms with van der Waals surface area (Å²) in [6.07, 6.45) is 0. The van der Waals surface area contributed by atoms with Gasteiger partial charge in [-0.05, 0) is 117 Å². The summed E-state index contributed by atoms with van der Waals surface area (Å²) in [6, 6.07) is 67.4. The van der Waals surface area contributed by atoms with E-state index in [0.717, 1.165) is 0 Å². The molecule has 0 amide bonds. The van der Waals surface area contributed by atoms with Crippen LogP contribution in [0.4, 0.5) is 0 Å². The lowest BCUT2D eigenvalue weighted by molar-refractivity contribution is 0.660. The summed E-state index contributed by atoms with van der Waals surface area (Å²) < 4.78 is 0. The van der Waals surface area contributed by atoms with Crippen LogP contribution in [0.2, 0.25) is 0 Å². The Bertz CT molecular complexity index is 2740. The average molecular weight is 649 g/mol. The lowest BCUT2D eigenvalue weighted by atomic mass is 9.81. The van der Waals surface area contributed by atoms with Crippen molar-refractivity contribution in [2.24, 2.45) is 0 Å². The molecule has 0 N–H and O–H groups in total. The molecule has 0 saturated heterocycles. The maximum atomic E-state index is 2.46. The molecule has 0 aliphatic heterocycles. The zero-order chi connectivity index (χ0) is 34.1. The Morgan fingerprint density at radius 2 is 0.784 bits per heavy atom. The van der Waals surface area contributed by atoms with E-state index in [2.05, 4.69) is 196 Å². The zero-order valence-corrected chi connectivity index (χ0v) is 28.8. The summed E-state index contributed by atoms with van der Waals surface area (Å²) in [5.74, 6) is 0. The minimum Gasteiger partial charge on any atom is -0.0622 e. The van der Waals surface area contributed by atoms with E-state index in [4.69, 9.17) is 0 Å². The fourth-order valence-electron chi connectivity index (χ4n) is 8.78. The molecule has 10 rings (SSSR count). The monoisotopic (exact) mass is 648 g/mol. The summed E-state index contributed by atoms with van der Waals surface area (Å²) in [6.45, 7) is 4.73. The summed E-state index contributed by atoms with van der Waals surface area (Å²) in [4.78, 5) is 0. The van der Waals surface area contributed by atoms with Crippen molar-refractivity contribution < 1.29 is 0 Å². The molecule has 0 fully saturated rings. The van der Waals surface area contributed by atoms with Gasteiger partial charge in [0.05, 0.1) is 0 Å². The van der Waals surface area contributed by atoms with Gasteiger partial charge in [-0.2, -0.15) is 0 Å². The molecule has 0 heterocycles. The first-order chi connectivity index (χ1) is 25.1. The first-order valence-corrected chi connectivity index (χ1v) is 17.9. The van der Waals surface area contributed by atoms with Gasteiger partial charge in [0.15, 0.2) is 0 Å². The maximum Gasteiger partial charge on any atom is 0.0159 e. The van der Waals surface area contributed by atoms with Crippen LogP contribution >= 0.6 is 0 Å². The Balaban J connectivity index is 1.20. The van der Waals surface area contributed by atoms with Gasteiger partial charge in [0.2, 0.25) is 0 Å². The number of benzene rings is 9. The van der Waals surface area contributed by atoms with E-state index in [1.54, 1.807) is 0 Å². The first-order valence-electron chi connectivity index (χ1n) is 17.9. The molecule has 9 aromatic rings. The highest BCUT2D eigenvalue weighted by atomic mass is 14.4. The maximum absolute atomic E-state index is 2.46. The van der Waals surface area contributed by atoms with Crippen molar-refractivity contribution in [2.45, 2.75) is 19.3 Å². The SMILES string of the molecule is CC1(C)c2ccccc2-c2ccc(-c3cc(-c4c5ccccc5c(-c5ccc(-c6ccccc6)cc5)c5ccccc45)cc4ccccc34)cc21. The number of rotatable bonds is 4. The highest BCUT2D eigenvalue weighted by Crippen LogP contribution is 2.51. The molecule has 0 unspecified atom stereocenters. The van der Waals surface area contributed by atoms with E-state index in [0.29, 0.717) is 0 Å². The van der Waals surface area contributed by atoms with Gasteiger partial charge >= 0.3 is 0 Å². The largest absolute Gasteiger partial charge is 0.0622 e. The lowest BCUT2D eigenvalue weighted by Gasteiger charge is -2.22. The number of fused-ring (bicyclic) bond motifs is 6. The molecule has 0 atom stereocenters. The van der Waals surface area contributed by atoms with Crippen LogP contribution in [0, 0.1) is 0 Å². The van der Waals surface area contributed by atoms with E-state index in [1.165, 1.54) is 99.1 Å². The average Bonchev–Trinajstić information content (AvgIpc) is 3.42. The van der Waals surface area contributed by atoms with E-state index in [1.807, 2.05) is 0 Å². The smallest absolute Gasteiger partial charge is 0.0159 e. The van der Waals surface area contributed by atoms with E-state index in [-0.39, 0.29) is 5.41 Å². The highest BCUT2D eigenvalue weighted by molar-refractivity contribution is 6.22. The molecule has 0 aromatic heterocycles. The van der Waals surface area contributed by atoms with Crippen molar-refractivity contribution in [2.75, 3.05) is 0 Å². The van der Waals surface area contributed by atoms with Crippen LogP contribution in [0.1, 0.15) is 25.0 Å². The van der Waals surface area contributed by atoms with Crippen LogP contribution in [0.3, 0.4) is 0 Å². The Labute approximate surface area is 299 Å². The quantitative estimate of drug-likeness (QED) is 0.167. The Morgan fingerprint density at radius 1 is 0.294 bits per heavy atom. The first kappa shape index (κ1) is 29.7. The number of hydrogen-bond donors (Lipinski definition) is 0. The predicted octanol–water partition coefficient (Wildman–Crippen LogP) is 14.1. The third-order valence-electron chi connectivity index (χ3n) is 11.3. The van der Waals surface area contributed by atoms with E-state index >= 15 is 0 Å². The molecule has 0 spiro atoms. The van der Waals surface area contributed by atoms with Crippen molar-refractivity contribution in [1.82, 2.24) is 0 Å². The van der Waals surface area contributed by atoms with Gasteiger partial charge in [0, 0.05) is 5.41 Å². The molecule has 240 valence electrons. The third kappa shape index (κ3) is 4.60. The van der Waals surface area contributed by atoms with Crippen molar-refractivity contribution in [3.05, 3.63) is 193 Å². The van der Waals surface area contributed by atoms with Crippen LogP contribution in [-0.2, 0) is 5.41 Å². The second-order valence-corrected chi connectivity index (χ2v) is 14.5. The van der Waals surface area contributed by atoms with E-state index in [9.17, 15) is 0 Å².